The van der Waals surface area contributed by atoms with E-state index < -0.39 is 0 Å². The SMILES string of the molecule is Cc1ccc(Sc2cc(Nc3cc(C)[nH]n3)nc(-c3ccccc3)n2)cc1. The Kier molecular flexibility index (Phi) is 4.89. The van der Waals surface area contributed by atoms with E-state index in [-0.39, 0.29) is 0 Å². The molecule has 134 valence electrons. The highest BCUT2D eigenvalue weighted by Gasteiger charge is 2.10. The maximum absolute atomic E-state index is 4.75. The van der Waals surface area contributed by atoms with Crippen molar-refractivity contribution in [1.82, 2.24) is 20.2 Å². The Labute approximate surface area is 162 Å². The monoisotopic (exact) mass is 373 g/mol. The third kappa shape index (κ3) is 4.35. The van der Waals surface area contributed by atoms with E-state index in [1.165, 1.54) is 5.56 Å². The van der Waals surface area contributed by atoms with Gasteiger partial charge in [0.25, 0.3) is 0 Å². The van der Waals surface area contributed by atoms with Gasteiger partial charge in [-0.1, -0.05) is 59.8 Å². The Morgan fingerprint density at radius 2 is 1.63 bits per heavy atom. The number of nitrogens with one attached hydrogen (secondary N) is 2. The van der Waals surface area contributed by atoms with E-state index in [2.05, 4.69) is 51.7 Å². The summed E-state index contributed by atoms with van der Waals surface area (Å²) in [5, 5.41) is 11.3. The minimum atomic E-state index is 0.683. The molecule has 4 rings (SSSR count). The summed E-state index contributed by atoms with van der Waals surface area (Å²) >= 11 is 1.62. The minimum absolute atomic E-state index is 0.683. The Bertz CT molecular complexity index is 1040. The molecular formula is C21H19N5S. The molecule has 0 atom stereocenters. The van der Waals surface area contributed by atoms with Gasteiger partial charge in [0, 0.05) is 28.3 Å². The number of hydrogen-bond acceptors (Lipinski definition) is 5. The first-order valence-electron chi connectivity index (χ1n) is 8.64. The highest BCUT2D eigenvalue weighted by atomic mass is 32.2. The molecule has 0 saturated heterocycles. The summed E-state index contributed by atoms with van der Waals surface area (Å²) < 4.78 is 0. The molecule has 0 saturated carbocycles. The predicted octanol–water partition coefficient (Wildman–Crippen LogP) is 5.38. The largest absolute Gasteiger partial charge is 0.323 e. The number of aromatic nitrogens is 4. The zero-order valence-electron chi connectivity index (χ0n) is 15.1. The fourth-order valence-corrected chi connectivity index (χ4v) is 3.41. The van der Waals surface area contributed by atoms with Gasteiger partial charge in [-0.2, -0.15) is 5.10 Å². The second kappa shape index (κ2) is 7.63. The van der Waals surface area contributed by atoms with Gasteiger partial charge in [0.15, 0.2) is 11.6 Å². The summed E-state index contributed by atoms with van der Waals surface area (Å²) in [4.78, 5) is 10.6. The summed E-state index contributed by atoms with van der Waals surface area (Å²) in [5.41, 5.74) is 3.21. The highest BCUT2D eigenvalue weighted by Crippen LogP contribution is 2.30. The molecule has 2 heterocycles. The van der Waals surface area contributed by atoms with E-state index in [1.807, 2.05) is 49.4 Å². The molecule has 0 amide bonds. The van der Waals surface area contributed by atoms with Crippen molar-refractivity contribution in [2.75, 3.05) is 5.32 Å². The topological polar surface area (TPSA) is 66.5 Å². The average Bonchev–Trinajstić information content (AvgIpc) is 3.09. The molecule has 0 bridgehead atoms. The predicted molar refractivity (Wildman–Crippen MR) is 109 cm³/mol. The number of benzene rings is 2. The molecule has 0 radical (unpaired) electrons. The van der Waals surface area contributed by atoms with Crippen LogP contribution in [-0.4, -0.2) is 20.2 Å². The maximum atomic E-state index is 4.75. The van der Waals surface area contributed by atoms with Crippen molar-refractivity contribution in [3.8, 4) is 11.4 Å². The lowest BCUT2D eigenvalue weighted by molar-refractivity contribution is 1.03. The van der Waals surface area contributed by atoms with E-state index in [0.717, 1.165) is 27.0 Å². The fourth-order valence-electron chi connectivity index (χ4n) is 2.60. The molecule has 0 unspecified atom stereocenters. The smallest absolute Gasteiger partial charge is 0.162 e. The molecule has 2 aromatic heterocycles. The molecule has 0 aliphatic heterocycles. The summed E-state index contributed by atoms with van der Waals surface area (Å²) in [6.45, 7) is 4.05. The third-order valence-electron chi connectivity index (χ3n) is 3.94. The van der Waals surface area contributed by atoms with Crippen LogP contribution in [0.15, 0.2) is 76.7 Å². The number of rotatable bonds is 5. The van der Waals surface area contributed by atoms with Gasteiger partial charge in [0.2, 0.25) is 0 Å². The van der Waals surface area contributed by atoms with Crippen LogP contribution in [0.5, 0.6) is 0 Å². The number of nitrogens with zero attached hydrogens (tertiary/aromatic N) is 3. The van der Waals surface area contributed by atoms with E-state index in [1.54, 1.807) is 11.8 Å². The standard InChI is InChI=1S/C21H19N5S/c1-14-8-10-17(11-9-14)27-20-13-18(22-19-12-15(2)25-26-19)23-21(24-20)16-6-4-3-5-7-16/h3-13H,1-2H3,(H2,22,23,24,25,26). The van der Waals surface area contributed by atoms with Gasteiger partial charge in [-0.15, -0.1) is 0 Å². The van der Waals surface area contributed by atoms with Crippen LogP contribution in [0.4, 0.5) is 11.6 Å². The van der Waals surface area contributed by atoms with Crippen molar-refractivity contribution in [3.05, 3.63) is 78.0 Å². The Morgan fingerprint density at radius 1 is 0.852 bits per heavy atom. The summed E-state index contributed by atoms with van der Waals surface area (Å²) in [5.74, 6) is 2.13. The van der Waals surface area contributed by atoms with Crippen molar-refractivity contribution < 1.29 is 0 Å². The van der Waals surface area contributed by atoms with Crippen LogP contribution in [0.3, 0.4) is 0 Å². The lowest BCUT2D eigenvalue weighted by atomic mass is 10.2. The molecule has 0 aliphatic rings. The van der Waals surface area contributed by atoms with Crippen molar-refractivity contribution in [2.24, 2.45) is 0 Å². The van der Waals surface area contributed by atoms with E-state index in [0.29, 0.717) is 11.6 Å². The van der Waals surface area contributed by atoms with Crippen LogP contribution in [0.25, 0.3) is 11.4 Å². The molecular weight excluding hydrogens is 354 g/mol. The van der Waals surface area contributed by atoms with Crippen LogP contribution in [0.1, 0.15) is 11.3 Å². The normalized spacial score (nSPS) is 10.7. The van der Waals surface area contributed by atoms with Gasteiger partial charge in [-0.25, -0.2) is 9.97 Å². The maximum Gasteiger partial charge on any atom is 0.162 e. The van der Waals surface area contributed by atoms with Crippen LogP contribution >= 0.6 is 11.8 Å². The lowest BCUT2D eigenvalue weighted by Gasteiger charge is -2.09. The second-order valence-electron chi connectivity index (χ2n) is 6.26. The summed E-state index contributed by atoms with van der Waals surface area (Å²) in [6.07, 6.45) is 0. The molecule has 0 fully saturated rings. The van der Waals surface area contributed by atoms with E-state index in [9.17, 15) is 0 Å². The van der Waals surface area contributed by atoms with Crippen LogP contribution in [0, 0.1) is 13.8 Å². The molecule has 2 N–H and O–H groups in total. The number of hydrogen-bond donors (Lipinski definition) is 2. The van der Waals surface area contributed by atoms with Crippen LogP contribution < -0.4 is 5.32 Å². The van der Waals surface area contributed by atoms with Crippen molar-refractivity contribution in [2.45, 2.75) is 23.8 Å². The number of anilines is 2. The van der Waals surface area contributed by atoms with Crippen molar-refractivity contribution in [1.29, 1.82) is 0 Å². The zero-order chi connectivity index (χ0) is 18.6. The Balaban J connectivity index is 1.70. The molecule has 5 nitrogen and oxygen atoms in total. The molecule has 27 heavy (non-hydrogen) atoms. The Morgan fingerprint density at radius 3 is 2.33 bits per heavy atom. The zero-order valence-corrected chi connectivity index (χ0v) is 15.9. The van der Waals surface area contributed by atoms with Gasteiger partial charge in [-0.3, -0.25) is 5.10 Å². The van der Waals surface area contributed by atoms with Crippen LogP contribution in [0.2, 0.25) is 0 Å². The molecule has 4 aromatic rings. The minimum Gasteiger partial charge on any atom is -0.323 e. The van der Waals surface area contributed by atoms with Gasteiger partial charge in [0.1, 0.15) is 10.8 Å². The number of aromatic amines is 1. The highest BCUT2D eigenvalue weighted by molar-refractivity contribution is 7.99. The van der Waals surface area contributed by atoms with Crippen molar-refractivity contribution >= 4 is 23.4 Å². The van der Waals surface area contributed by atoms with E-state index >= 15 is 0 Å². The lowest BCUT2D eigenvalue weighted by Crippen LogP contribution is -1.99. The van der Waals surface area contributed by atoms with Crippen LogP contribution in [-0.2, 0) is 0 Å². The van der Waals surface area contributed by atoms with Gasteiger partial charge >= 0.3 is 0 Å². The van der Waals surface area contributed by atoms with Gasteiger partial charge in [0.05, 0.1) is 0 Å². The molecule has 6 heteroatoms. The Hall–Kier alpha value is -3.12. The average molecular weight is 373 g/mol. The molecule has 0 spiro atoms. The number of H-pyrrole nitrogens is 1. The first kappa shape index (κ1) is 17.3. The van der Waals surface area contributed by atoms with Gasteiger partial charge in [-0.05, 0) is 26.0 Å². The molecule has 2 aromatic carbocycles. The first-order valence-corrected chi connectivity index (χ1v) is 9.45. The summed E-state index contributed by atoms with van der Waals surface area (Å²) in [7, 11) is 0. The molecule has 0 aliphatic carbocycles. The van der Waals surface area contributed by atoms with E-state index in [4.69, 9.17) is 4.98 Å². The summed E-state index contributed by atoms with van der Waals surface area (Å²) in [6, 6.07) is 22.3. The first-order chi connectivity index (χ1) is 13.2. The van der Waals surface area contributed by atoms with Gasteiger partial charge < -0.3 is 5.32 Å². The van der Waals surface area contributed by atoms with Crippen molar-refractivity contribution in [3.63, 3.8) is 0 Å². The fraction of sp³-hybridized carbons (Fsp3) is 0.0952. The quantitative estimate of drug-likeness (QED) is 0.460. The number of aryl methyl sites for hydroxylation is 2. The second-order valence-corrected chi connectivity index (χ2v) is 7.35. The third-order valence-corrected chi connectivity index (χ3v) is 4.87.